The molecule has 8 heteroatoms. The van der Waals surface area contributed by atoms with Gasteiger partial charge in [-0.05, 0) is 50.6 Å². The first kappa shape index (κ1) is 20.0. The maximum atomic E-state index is 12.6. The van der Waals surface area contributed by atoms with E-state index in [0.717, 1.165) is 32.5 Å². The molecule has 1 N–H and O–H groups in total. The zero-order chi connectivity index (χ0) is 18.6. The number of likely N-dealkylation sites (tertiary alicyclic amines) is 2. The average molecular weight is 363 g/mol. The Morgan fingerprint density at radius 1 is 1.12 bits per heavy atom. The molecule has 2 heterocycles. The molecular weight excluding hydrogens is 335 g/mol. The zero-order valence-corrected chi connectivity index (χ0v) is 14.9. The summed E-state index contributed by atoms with van der Waals surface area (Å²) in [6.07, 6.45) is -2.26. The molecule has 0 spiro atoms. The van der Waals surface area contributed by atoms with E-state index in [2.05, 4.69) is 24.1 Å². The monoisotopic (exact) mass is 363 g/mol. The smallest absolute Gasteiger partial charge is 0.354 e. The van der Waals surface area contributed by atoms with Crippen LogP contribution in [-0.2, 0) is 9.59 Å². The van der Waals surface area contributed by atoms with Crippen LogP contribution in [0.1, 0.15) is 39.5 Å². The second-order valence-electron chi connectivity index (χ2n) is 7.54. The Hall–Kier alpha value is -1.31. The molecule has 25 heavy (non-hydrogen) atoms. The third kappa shape index (κ3) is 5.59. The van der Waals surface area contributed by atoms with Crippen molar-refractivity contribution in [2.24, 2.45) is 11.8 Å². The lowest BCUT2D eigenvalue weighted by atomic mass is 9.96. The second kappa shape index (κ2) is 8.38. The molecule has 0 aromatic carbocycles. The minimum atomic E-state index is -4.92. The van der Waals surface area contributed by atoms with Gasteiger partial charge in [0.15, 0.2) is 0 Å². The molecule has 5 nitrogen and oxygen atoms in total. The molecule has 2 fully saturated rings. The molecule has 144 valence electrons. The first-order valence-corrected chi connectivity index (χ1v) is 9.06. The van der Waals surface area contributed by atoms with Crippen LogP contribution in [0, 0.1) is 11.8 Å². The van der Waals surface area contributed by atoms with Crippen molar-refractivity contribution in [2.75, 3.05) is 32.7 Å². The topological polar surface area (TPSA) is 52.7 Å². The second-order valence-corrected chi connectivity index (χ2v) is 7.54. The van der Waals surface area contributed by atoms with E-state index in [-0.39, 0.29) is 6.54 Å². The molecule has 0 bridgehead atoms. The number of piperidine rings is 1. The molecule has 0 radical (unpaired) electrons. The fourth-order valence-electron chi connectivity index (χ4n) is 3.70. The predicted molar refractivity (Wildman–Crippen MR) is 87.8 cm³/mol. The van der Waals surface area contributed by atoms with Gasteiger partial charge in [0, 0.05) is 19.6 Å². The normalized spacial score (nSPS) is 23.3. The largest absolute Gasteiger partial charge is 0.471 e. The molecule has 2 amide bonds. The van der Waals surface area contributed by atoms with E-state index in [1.807, 2.05) is 0 Å². The Labute approximate surface area is 146 Å². The minimum absolute atomic E-state index is 0.00990. The summed E-state index contributed by atoms with van der Waals surface area (Å²) in [5.74, 6) is -1.40. The number of hydrogen-bond donors (Lipinski definition) is 1. The molecule has 2 rings (SSSR count). The number of halogens is 3. The van der Waals surface area contributed by atoms with E-state index in [4.69, 9.17) is 0 Å². The number of carbonyl (C=O) groups is 2. The highest BCUT2D eigenvalue weighted by molar-refractivity contribution is 5.90. The van der Waals surface area contributed by atoms with Crippen molar-refractivity contribution >= 4 is 11.8 Å². The molecule has 2 saturated heterocycles. The van der Waals surface area contributed by atoms with E-state index in [0.29, 0.717) is 36.1 Å². The molecule has 2 aliphatic rings. The van der Waals surface area contributed by atoms with Crippen molar-refractivity contribution < 1.29 is 22.8 Å². The summed E-state index contributed by atoms with van der Waals surface area (Å²) in [5, 5.41) is 2.77. The summed E-state index contributed by atoms with van der Waals surface area (Å²) in [7, 11) is 0. The first-order chi connectivity index (χ1) is 11.7. The van der Waals surface area contributed by atoms with Gasteiger partial charge in [0.25, 0.3) is 0 Å². The van der Waals surface area contributed by atoms with Crippen LogP contribution in [0.25, 0.3) is 0 Å². The maximum absolute atomic E-state index is 12.6. The van der Waals surface area contributed by atoms with Crippen molar-refractivity contribution in [2.45, 2.75) is 51.7 Å². The van der Waals surface area contributed by atoms with Crippen LogP contribution < -0.4 is 5.32 Å². The van der Waals surface area contributed by atoms with Gasteiger partial charge in [-0.1, -0.05) is 13.8 Å². The van der Waals surface area contributed by atoms with Gasteiger partial charge in [-0.15, -0.1) is 0 Å². The summed E-state index contributed by atoms with van der Waals surface area (Å²) in [6.45, 7) is 7.87. The Bertz CT molecular complexity index is 474. The summed E-state index contributed by atoms with van der Waals surface area (Å²) in [5.41, 5.74) is 0. The summed E-state index contributed by atoms with van der Waals surface area (Å²) in [4.78, 5) is 26.8. The lowest BCUT2D eigenvalue weighted by Crippen LogP contribution is -2.51. The molecular formula is C17H28F3N3O2. The number of nitrogens with zero attached hydrogens (tertiary/aromatic N) is 2. The number of carbonyl (C=O) groups excluding carboxylic acids is 2. The van der Waals surface area contributed by atoms with E-state index >= 15 is 0 Å². The zero-order valence-electron chi connectivity index (χ0n) is 14.9. The predicted octanol–water partition coefficient (Wildman–Crippen LogP) is 2.02. The standard InChI is InChI=1S/C17H28F3N3O2/c1-12(2)11-22-8-5-13(6-9-22)10-21-15(24)14-4-3-7-23(14)16(25)17(18,19)20/h12-14H,3-11H2,1-2H3,(H,21,24). The van der Waals surface area contributed by atoms with Crippen molar-refractivity contribution in [1.82, 2.24) is 15.1 Å². The van der Waals surface area contributed by atoms with Gasteiger partial charge in [0.1, 0.15) is 6.04 Å². The first-order valence-electron chi connectivity index (χ1n) is 9.06. The highest BCUT2D eigenvalue weighted by Crippen LogP contribution is 2.26. The van der Waals surface area contributed by atoms with Crippen molar-refractivity contribution in [3.05, 3.63) is 0 Å². The summed E-state index contributed by atoms with van der Waals surface area (Å²) < 4.78 is 37.8. The molecule has 2 aliphatic heterocycles. The van der Waals surface area contributed by atoms with Gasteiger partial charge >= 0.3 is 12.1 Å². The summed E-state index contributed by atoms with van der Waals surface area (Å²) in [6, 6.07) is -0.991. The van der Waals surface area contributed by atoms with Crippen LogP contribution in [0.4, 0.5) is 13.2 Å². The number of amides is 2. The van der Waals surface area contributed by atoms with Gasteiger partial charge in [0.05, 0.1) is 0 Å². The number of rotatable bonds is 5. The van der Waals surface area contributed by atoms with Crippen LogP contribution in [0.2, 0.25) is 0 Å². The third-order valence-electron chi connectivity index (χ3n) is 4.95. The SMILES string of the molecule is CC(C)CN1CCC(CNC(=O)C2CCCN2C(=O)C(F)(F)F)CC1. The third-order valence-corrected chi connectivity index (χ3v) is 4.95. The highest BCUT2D eigenvalue weighted by Gasteiger charge is 2.47. The molecule has 0 aromatic rings. The van der Waals surface area contributed by atoms with Gasteiger partial charge in [-0.2, -0.15) is 13.2 Å². The Balaban J connectivity index is 1.78. The molecule has 0 saturated carbocycles. The Kier molecular flexibility index (Phi) is 6.71. The van der Waals surface area contributed by atoms with Crippen molar-refractivity contribution in [3.8, 4) is 0 Å². The lowest BCUT2D eigenvalue weighted by Gasteiger charge is -2.33. The highest BCUT2D eigenvalue weighted by atomic mass is 19.4. The molecule has 0 aromatic heterocycles. The van der Waals surface area contributed by atoms with E-state index < -0.39 is 24.0 Å². The van der Waals surface area contributed by atoms with Crippen molar-refractivity contribution in [1.29, 1.82) is 0 Å². The van der Waals surface area contributed by atoms with Crippen molar-refractivity contribution in [3.63, 3.8) is 0 Å². The van der Waals surface area contributed by atoms with Gasteiger partial charge in [-0.25, -0.2) is 0 Å². The van der Waals surface area contributed by atoms with Gasteiger partial charge in [-0.3, -0.25) is 9.59 Å². The van der Waals surface area contributed by atoms with Crippen LogP contribution in [0.15, 0.2) is 0 Å². The van der Waals surface area contributed by atoms with Crippen LogP contribution in [0.3, 0.4) is 0 Å². The van der Waals surface area contributed by atoms with E-state index in [1.54, 1.807) is 0 Å². The fraction of sp³-hybridized carbons (Fsp3) is 0.882. The molecule has 1 atom stereocenters. The van der Waals surface area contributed by atoms with Crippen LogP contribution in [0.5, 0.6) is 0 Å². The maximum Gasteiger partial charge on any atom is 0.471 e. The number of alkyl halides is 3. The Morgan fingerprint density at radius 3 is 2.32 bits per heavy atom. The van der Waals surface area contributed by atoms with E-state index in [9.17, 15) is 22.8 Å². The average Bonchev–Trinajstić information content (AvgIpc) is 3.01. The number of nitrogens with one attached hydrogen (secondary N) is 1. The molecule has 0 aliphatic carbocycles. The molecule has 1 unspecified atom stereocenters. The number of hydrogen-bond acceptors (Lipinski definition) is 3. The Morgan fingerprint density at radius 2 is 1.76 bits per heavy atom. The summed E-state index contributed by atoms with van der Waals surface area (Å²) >= 11 is 0. The van der Waals surface area contributed by atoms with Crippen LogP contribution in [-0.4, -0.2) is 66.6 Å². The van der Waals surface area contributed by atoms with Gasteiger partial charge in [0.2, 0.25) is 5.91 Å². The minimum Gasteiger partial charge on any atom is -0.354 e. The quantitative estimate of drug-likeness (QED) is 0.813. The van der Waals surface area contributed by atoms with E-state index in [1.165, 1.54) is 0 Å². The fourth-order valence-corrected chi connectivity index (χ4v) is 3.70. The lowest BCUT2D eigenvalue weighted by molar-refractivity contribution is -0.186. The van der Waals surface area contributed by atoms with Gasteiger partial charge < -0.3 is 15.1 Å². The van der Waals surface area contributed by atoms with Crippen LogP contribution >= 0.6 is 0 Å².